The summed E-state index contributed by atoms with van der Waals surface area (Å²) in [7, 11) is 0. The Bertz CT molecular complexity index is 633. The summed E-state index contributed by atoms with van der Waals surface area (Å²) >= 11 is 3.24. The summed E-state index contributed by atoms with van der Waals surface area (Å²) in [6.07, 6.45) is 3.18. The highest BCUT2D eigenvalue weighted by Crippen LogP contribution is 2.18. The summed E-state index contributed by atoms with van der Waals surface area (Å²) in [5.74, 6) is 0.189. The number of nitrogens with zero attached hydrogens (tertiary/aromatic N) is 3. The van der Waals surface area contributed by atoms with E-state index in [9.17, 15) is 4.79 Å². The van der Waals surface area contributed by atoms with Gasteiger partial charge in [0, 0.05) is 29.2 Å². The maximum Gasteiger partial charge on any atom is 0.223 e. The van der Waals surface area contributed by atoms with Crippen LogP contribution in [-0.2, 0) is 17.8 Å². The maximum absolute atomic E-state index is 12.5. The fraction of sp³-hybridized carbons (Fsp3) is 0.471. The lowest BCUT2D eigenvalue weighted by Crippen LogP contribution is -2.30. The second-order valence-corrected chi connectivity index (χ2v) is 7.15. The van der Waals surface area contributed by atoms with Crippen LogP contribution in [0.1, 0.15) is 35.2 Å². The van der Waals surface area contributed by atoms with Gasteiger partial charge >= 0.3 is 0 Å². The van der Waals surface area contributed by atoms with Gasteiger partial charge in [-0.2, -0.15) is 0 Å². The van der Waals surface area contributed by atoms with Crippen LogP contribution in [0, 0.1) is 13.8 Å². The number of hydrogen-bond donors (Lipinski definition) is 0. The number of carbonyl (C=O) groups excluding carboxylic acids is 1. The fourth-order valence-electron chi connectivity index (χ4n) is 2.52. The molecular formula is C17H23N3OS2. The molecule has 2 aromatic rings. The Morgan fingerprint density at radius 2 is 2.00 bits per heavy atom. The van der Waals surface area contributed by atoms with E-state index in [1.54, 1.807) is 23.1 Å². The molecule has 0 aliphatic heterocycles. The topological polar surface area (TPSA) is 46.1 Å². The van der Waals surface area contributed by atoms with Crippen LogP contribution in [-0.4, -0.2) is 33.6 Å². The van der Waals surface area contributed by atoms with Crippen molar-refractivity contribution in [2.75, 3.05) is 12.8 Å². The number of thioether (sulfide) groups is 1. The van der Waals surface area contributed by atoms with Crippen molar-refractivity contribution in [3.63, 3.8) is 0 Å². The van der Waals surface area contributed by atoms with Gasteiger partial charge in [-0.1, -0.05) is 17.8 Å². The molecule has 0 radical (unpaired) electrons. The van der Waals surface area contributed by atoms with E-state index < -0.39 is 0 Å². The van der Waals surface area contributed by atoms with Gasteiger partial charge in [0.2, 0.25) is 5.91 Å². The van der Waals surface area contributed by atoms with Crippen molar-refractivity contribution in [2.24, 2.45) is 0 Å². The van der Waals surface area contributed by atoms with Crippen LogP contribution in [0.15, 0.2) is 22.7 Å². The van der Waals surface area contributed by atoms with Crippen molar-refractivity contribution in [1.29, 1.82) is 0 Å². The fourth-order valence-corrected chi connectivity index (χ4v) is 3.69. The molecule has 2 heterocycles. The normalized spacial score (nSPS) is 10.8. The molecule has 0 unspecified atom stereocenters. The third-order valence-corrected chi connectivity index (χ3v) is 5.24. The number of aryl methyl sites for hydroxylation is 2. The van der Waals surface area contributed by atoms with E-state index in [1.165, 1.54) is 4.88 Å². The molecule has 1 amide bonds. The van der Waals surface area contributed by atoms with Crippen molar-refractivity contribution in [2.45, 2.75) is 45.3 Å². The molecule has 0 aliphatic rings. The van der Waals surface area contributed by atoms with Crippen LogP contribution in [0.2, 0.25) is 0 Å². The molecule has 0 atom stereocenters. The molecule has 0 spiro atoms. The summed E-state index contributed by atoms with van der Waals surface area (Å²) in [4.78, 5) is 24.6. The lowest BCUT2D eigenvalue weighted by Gasteiger charge is -2.20. The zero-order valence-electron chi connectivity index (χ0n) is 14.1. The third-order valence-electron chi connectivity index (χ3n) is 3.83. The number of carbonyl (C=O) groups is 1. The molecule has 0 saturated carbocycles. The van der Waals surface area contributed by atoms with Gasteiger partial charge in [-0.05, 0) is 50.5 Å². The van der Waals surface area contributed by atoms with E-state index >= 15 is 0 Å². The Labute approximate surface area is 146 Å². The SMILES string of the molecule is CCN(Cc1cccs1)C(=O)CCc1c(C)nc(SC)nc1C. The van der Waals surface area contributed by atoms with Crippen LogP contribution in [0.25, 0.3) is 0 Å². The molecular weight excluding hydrogens is 326 g/mol. The molecule has 2 rings (SSSR count). The number of rotatable bonds is 7. The predicted octanol–water partition coefficient (Wildman–Crippen LogP) is 3.86. The molecule has 6 heteroatoms. The van der Waals surface area contributed by atoms with E-state index in [0.717, 1.165) is 28.7 Å². The van der Waals surface area contributed by atoms with E-state index in [0.29, 0.717) is 19.4 Å². The minimum absolute atomic E-state index is 0.189. The number of amides is 1. The zero-order valence-corrected chi connectivity index (χ0v) is 15.8. The van der Waals surface area contributed by atoms with Crippen molar-refractivity contribution < 1.29 is 4.79 Å². The quantitative estimate of drug-likeness (QED) is 0.562. The van der Waals surface area contributed by atoms with E-state index in [1.807, 2.05) is 43.4 Å². The Hall–Kier alpha value is -1.40. The molecule has 0 bridgehead atoms. The Morgan fingerprint density at radius 3 is 2.52 bits per heavy atom. The van der Waals surface area contributed by atoms with Gasteiger partial charge in [-0.3, -0.25) is 4.79 Å². The van der Waals surface area contributed by atoms with Crippen LogP contribution in [0.5, 0.6) is 0 Å². The van der Waals surface area contributed by atoms with Crippen molar-refractivity contribution in [3.05, 3.63) is 39.3 Å². The minimum atomic E-state index is 0.189. The maximum atomic E-state index is 12.5. The molecule has 23 heavy (non-hydrogen) atoms. The summed E-state index contributed by atoms with van der Waals surface area (Å²) in [5, 5.41) is 2.84. The zero-order chi connectivity index (χ0) is 16.8. The number of thiophene rings is 1. The molecule has 0 aliphatic carbocycles. The first-order valence-electron chi connectivity index (χ1n) is 7.73. The predicted molar refractivity (Wildman–Crippen MR) is 97.0 cm³/mol. The highest BCUT2D eigenvalue weighted by Gasteiger charge is 2.15. The third kappa shape index (κ3) is 4.78. The summed E-state index contributed by atoms with van der Waals surface area (Å²) in [6, 6.07) is 4.10. The number of hydrogen-bond acceptors (Lipinski definition) is 5. The van der Waals surface area contributed by atoms with E-state index in [4.69, 9.17) is 0 Å². The highest BCUT2D eigenvalue weighted by molar-refractivity contribution is 7.98. The first kappa shape index (κ1) is 17.9. The van der Waals surface area contributed by atoms with Gasteiger partial charge in [-0.15, -0.1) is 11.3 Å². The first-order valence-corrected chi connectivity index (χ1v) is 9.83. The average Bonchev–Trinajstić information content (AvgIpc) is 3.04. The van der Waals surface area contributed by atoms with Crippen molar-refractivity contribution in [3.8, 4) is 0 Å². The lowest BCUT2D eigenvalue weighted by molar-refractivity contribution is -0.131. The molecule has 4 nitrogen and oxygen atoms in total. The Morgan fingerprint density at radius 1 is 1.30 bits per heavy atom. The number of aromatic nitrogens is 2. The van der Waals surface area contributed by atoms with Crippen molar-refractivity contribution in [1.82, 2.24) is 14.9 Å². The van der Waals surface area contributed by atoms with Crippen LogP contribution < -0.4 is 0 Å². The second-order valence-electron chi connectivity index (χ2n) is 5.35. The summed E-state index contributed by atoms with van der Waals surface area (Å²) in [6.45, 7) is 7.46. The van der Waals surface area contributed by atoms with E-state index in [-0.39, 0.29) is 5.91 Å². The molecule has 0 fully saturated rings. The van der Waals surface area contributed by atoms with Gasteiger partial charge in [0.15, 0.2) is 5.16 Å². The van der Waals surface area contributed by atoms with Crippen LogP contribution >= 0.6 is 23.1 Å². The molecule has 0 N–H and O–H groups in total. The monoisotopic (exact) mass is 349 g/mol. The lowest BCUT2D eigenvalue weighted by atomic mass is 10.1. The standard InChI is InChI=1S/C17H23N3OS2/c1-5-20(11-14-7-6-10-23-14)16(21)9-8-15-12(2)18-17(22-4)19-13(15)3/h6-7,10H,5,8-9,11H2,1-4H3. The second kappa shape index (κ2) is 8.45. The van der Waals surface area contributed by atoms with Gasteiger partial charge in [0.1, 0.15) is 0 Å². The largest absolute Gasteiger partial charge is 0.338 e. The van der Waals surface area contributed by atoms with Gasteiger partial charge < -0.3 is 4.90 Å². The van der Waals surface area contributed by atoms with E-state index in [2.05, 4.69) is 16.0 Å². The summed E-state index contributed by atoms with van der Waals surface area (Å²) in [5.41, 5.74) is 3.07. The average molecular weight is 350 g/mol. The van der Waals surface area contributed by atoms with Gasteiger partial charge in [0.05, 0.1) is 6.54 Å². The van der Waals surface area contributed by atoms with Gasteiger partial charge in [0.25, 0.3) is 0 Å². The molecule has 0 saturated heterocycles. The first-order chi connectivity index (χ1) is 11.0. The van der Waals surface area contributed by atoms with Crippen LogP contribution in [0.3, 0.4) is 0 Å². The molecule has 124 valence electrons. The smallest absolute Gasteiger partial charge is 0.223 e. The van der Waals surface area contributed by atoms with Crippen molar-refractivity contribution >= 4 is 29.0 Å². The molecule has 0 aromatic carbocycles. The van der Waals surface area contributed by atoms with Gasteiger partial charge in [-0.25, -0.2) is 9.97 Å². The summed E-state index contributed by atoms with van der Waals surface area (Å²) < 4.78 is 0. The molecule has 2 aromatic heterocycles. The minimum Gasteiger partial charge on any atom is -0.338 e. The highest BCUT2D eigenvalue weighted by atomic mass is 32.2. The Kier molecular flexibility index (Phi) is 6.59. The van der Waals surface area contributed by atoms with Crippen LogP contribution in [0.4, 0.5) is 0 Å². The Balaban J connectivity index is 2.00.